The van der Waals surface area contributed by atoms with E-state index in [1.807, 2.05) is 31.2 Å². The number of aromatic nitrogens is 2. The molecule has 0 atom stereocenters. The van der Waals surface area contributed by atoms with Gasteiger partial charge in [0.25, 0.3) is 5.22 Å². The van der Waals surface area contributed by atoms with Gasteiger partial charge in [0.2, 0.25) is 5.89 Å². The highest BCUT2D eigenvalue weighted by Gasteiger charge is 2.10. The van der Waals surface area contributed by atoms with Gasteiger partial charge < -0.3 is 9.52 Å². The smallest absolute Gasteiger partial charge is 0.276 e. The molecule has 0 aliphatic rings. The number of hydrogen-bond acceptors (Lipinski definition) is 5. The van der Waals surface area contributed by atoms with Crippen LogP contribution >= 0.6 is 11.8 Å². The topological polar surface area (TPSA) is 59.2 Å². The van der Waals surface area contributed by atoms with Crippen LogP contribution in [0, 0.1) is 6.92 Å². The number of aryl methyl sites for hydroxylation is 1. The van der Waals surface area contributed by atoms with Crippen LogP contribution in [-0.4, -0.2) is 27.7 Å². The third-order valence-corrected chi connectivity index (χ3v) is 3.71. The van der Waals surface area contributed by atoms with Crippen LogP contribution in [0.2, 0.25) is 0 Å². The number of benzene rings is 1. The molecule has 0 spiro atoms. The lowest BCUT2D eigenvalue weighted by molar-refractivity contribution is 0.284. The maximum atomic E-state index is 8.69. The average molecular weight is 278 g/mol. The number of thioether (sulfide) groups is 1. The molecule has 0 aliphatic carbocycles. The highest BCUT2D eigenvalue weighted by atomic mass is 32.2. The van der Waals surface area contributed by atoms with Crippen LogP contribution in [0.15, 0.2) is 33.9 Å². The van der Waals surface area contributed by atoms with Crippen molar-refractivity contribution in [2.45, 2.75) is 31.4 Å². The molecule has 0 radical (unpaired) electrons. The predicted molar refractivity (Wildman–Crippen MR) is 76.1 cm³/mol. The molecule has 2 rings (SSSR count). The zero-order valence-electron chi connectivity index (χ0n) is 11.0. The predicted octanol–water partition coefficient (Wildman–Crippen LogP) is 3.30. The van der Waals surface area contributed by atoms with Crippen molar-refractivity contribution in [3.8, 4) is 11.5 Å². The van der Waals surface area contributed by atoms with E-state index in [1.54, 1.807) is 11.8 Å². The lowest BCUT2D eigenvalue weighted by atomic mass is 10.1. The third kappa shape index (κ3) is 4.08. The molecule has 1 N–H and O–H groups in total. The molecule has 0 amide bonds. The first-order chi connectivity index (χ1) is 9.31. The Morgan fingerprint density at radius 3 is 2.79 bits per heavy atom. The van der Waals surface area contributed by atoms with Gasteiger partial charge in [-0.2, -0.15) is 0 Å². The molecule has 0 fully saturated rings. The lowest BCUT2D eigenvalue weighted by Gasteiger charge is -1.99. The van der Waals surface area contributed by atoms with Gasteiger partial charge in [-0.25, -0.2) is 0 Å². The molecule has 0 bridgehead atoms. The van der Waals surface area contributed by atoms with Gasteiger partial charge in [-0.3, -0.25) is 0 Å². The first-order valence-corrected chi connectivity index (χ1v) is 7.43. The number of unbranched alkanes of at least 4 members (excludes halogenated alkanes) is 2. The summed E-state index contributed by atoms with van der Waals surface area (Å²) >= 11 is 1.57. The van der Waals surface area contributed by atoms with Gasteiger partial charge >= 0.3 is 0 Å². The molecule has 0 saturated heterocycles. The van der Waals surface area contributed by atoms with Crippen LogP contribution < -0.4 is 0 Å². The second-order valence-corrected chi connectivity index (χ2v) is 5.37. The van der Waals surface area contributed by atoms with Gasteiger partial charge in [-0.15, -0.1) is 10.2 Å². The van der Waals surface area contributed by atoms with Crippen LogP contribution in [0.5, 0.6) is 0 Å². The Bertz CT molecular complexity index is 514. The van der Waals surface area contributed by atoms with Gasteiger partial charge in [0.05, 0.1) is 0 Å². The van der Waals surface area contributed by atoms with Crippen LogP contribution in [-0.2, 0) is 0 Å². The minimum Gasteiger partial charge on any atom is -0.411 e. The van der Waals surface area contributed by atoms with E-state index in [-0.39, 0.29) is 6.61 Å². The molecule has 0 unspecified atom stereocenters. The van der Waals surface area contributed by atoms with E-state index in [2.05, 4.69) is 10.2 Å². The molecular formula is C14H18N2O2S. The fourth-order valence-corrected chi connectivity index (χ4v) is 2.50. The number of rotatable bonds is 7. The van der Waals surface area contributed by atoms with Crippen molar-refractivity contribution in [3.63, 3.8) is 0 Å². The molecule has 19 heavy (non-hydrogen) atoms. The molecule has 0 aliphatic heterocycles. The van der Waals surface area contributed by atoms with Crippen LogP contribution in [0.4, 0.5) is 0 Å². The normalized spacial score (nSPS) is 10.8. The maximum Gasteiger partial charge on any atom is 0.276 e. The van der Waals surface area contributed by atoms with Gasteiger partial charge in [-0.05, 0) is 31.4 Å². The number of hydrogen-bond donors (Lipinski definition) is 1. The lowest BCUT2D eigenvalue weighted by Crippen LogP contribution is -1.85. The first kappa shape index (κ1) is 14.1. The zero-order chi connectivity index (χ0) is 13.5. The Labute approximate surface area is 117 Å². The van der Waals surface area contributed by atoms with Gasteiger partial charge in [-0.1, -0.05) is 36.4 Å². The quantitative estimate of drug-likeness (QED) is 0.622. The maximum absolute atomic E-state index is 8.69. The second kappa shape index (κ2) is 7.31. The minimum absolute atomic E-state index is 0.267. The molecule has 0 saturated carbocycles. The van der Waals surface area contributed by atoms with E-state index in [0.717, 1.165) is 36.1 Å². The Morgan fingerprint density at radius 1 is 1.16 bits per heavy atom. The molecular weight excluding hydrogens is 260 g/mol. The zero-order valence-corrected chi connectivity index (χ0v) is 11.8. The Kier molecular flexibility index (Phi) is 5.42. The standard InChI is InChI=1S/C14H18N2O2S/c1-11-7-3-4-8-12(11)13-15-16-14(18-13)19-10-6-2-5-9-17/h3-4,7-8,17H,2,5-6,9-10H2,1H3. The first-order valence-electron chi connectivity index (χ1n) is 6.44. The van der Waals surface area contributed by atoms with Crippen molar-refractivity contribution >= 4 is 11.8 Å². The van der Waals surface area contributed by atoms with Crippen molar-refractivity contribution in [1.82, 2.24) is 10.2 Å². The minimum atomic E-state index is 0.267. The van der Waals surface area contributed by atoms with Crippen LogP contribution in [0.1, 0.15) is 24.8 Å². The molecule has 4 nitrogen and oxygen atoms in total. The van der Waals surface area contributed by atoms with Crippen molar-refractivity contribution < 1.29 is 9.52 Å². The SMILES string of the molecule is Cc1ccccc1-c1nnc(SCCCCCO)o1. The van der Waals surface area contributed by atoms with Crippen molar-refractivity contribution in [2.75, 3.05) is 12.4 Å². The summed E-state index contributed by atoms with van der Waals surface area (Å²) in [6, 6.07) is 7.97. The summed E-state index contributed by atoms with van der Waals surface area (Å²) in [5, 5.41) is 17.4. The molecule has 1 heterocycles. The van der Waals surface area contributed by atoms with Crippen LogP contribution in [0.25, 0.3) is 11.5 Å². The summed E-state index contributed by atoms with van der Waals surface area (Å²) in [6.07, 6.45) is 2.94. The highest BCUT2D eigenvalue weighted by molar-refractivity contribution is 7.99. The van der Waals surface area contributed by atoms with E-state index in [4.69, 9.17) is 9.52 Å². The summed E-state index contributed by atoms with van der Waals surface area (Å²) < 4.78 is 5.65. The van der Waals surface area contributed by atoms with Gasteiger partial charge in [0.1, 0.15) is 0 Å². The van der Waals surface area contributed by atoms with Gasteiger partial charge in [0.15, 0.2) is 0 Å². The van der Waals surface area contributed by atoms with Gasteiger partial charge in [0, 0.05) is 17.9 Å². The number of aliphatic hydroxyl groups is 1. The monoisotopic (exact) mass is 278 g/mol. The van der Waals surface area contributed by atoms with Crippen LogP contribution in [0.3, 0.4) is 0 Å². The number of nitrogens with zero attached hydrogens (tertiary/aromatic N) is 2. The molecule has 1 aromatic heterocycles. The van der Waals surface area contributed by atoms with Crippen molar-refractivity contribution in [1.29, 1.82) is 0 Å². The fourth-order valence-electron chi connectivity index (χ4n) is 1.74. The summed E-state index contributed by atoms with van der Waals surface area (Å²) in [4.78, 5) is 0. The number of aliphatic hydroxyl groups excluding tert-OH is 1. The molecule has 2 aromatic rings. The van der Waals surface area contributed by atoms with E-state index < -0.39 is 0 Å². The van der Waals surface area contributed by atoms with E-state index >= 15 is 0 Å². The third-order valence-electron chi connectivity index (χ3n) is 2.81. The fraction of sp³-hybridized carbons (Fsp3) is 0.429. The Balaban J connectivity index is 1.91. The molecule has 102 valence electrons. The second-order valence-electron chi connectivity index (χ2n) is 4.32. The molecule has 5 heteroatoms. The average Bonchev–Trinajstić information content (AvgIpc) is 2.88. The summed E-state index contributed by atoms with van der Waals surface area (Å²) in [6.45, 7) is 2.30. The Hall–Kier alpha value is -1.33. The highest BCUT2D eigenvalue weighted by Crippen LogP contribution is 2.25. The summed E-state index contributed by atoms with van der Waals surface area (Å²) in [5.74, 6) is 1.52. The Morgan fingerprint density at radius 2 is 2.00 bits per heavy atom. The van der Waals surface area contributed by atoms with E-state index in [0.29, 0.717) is 11.1 Å². The summed E-state index contributed by atoms with van der Waals surface area (Å²) in [7, 11) is 0. The summed E-state index contributed by atoms with van der Waals surface area (Å²) in [5.41, 5.74) is 2.12. The van der Waals surface area contributed by atoms with Crippen molar-refractivity contribution in [3.05, 3.63) is 29.8 Å². The largest absolute Gasteiger partial charge is 0.411 e. The van der Waals surface area contributed by atoms with E-state index in [1.165, 1.54) is 0 Å². The van der Waals surface area contributed by atoms with Crippen molar-refractivity contribution in [2.24, 2.45) is 0 Å². The van der Waals surface area contributed by atoms with E-state index in [9.17, 15) is 0 Å². The molecule has 1 aromatic carbocycles.